The van der Waals surface area contributed by atoms with Crippen LogP contribution in [0.2, 0.25) is 0 Å². The molecule has 0 aliphatic heterocycles. The quantitative estimate of drug-likeness (QED) is 0.271. The van der Waals surface area contributed by atoms with Crippen molar-refractivity contribution >= 4 is 17.1 Å². The summed E-state index contributed by atoms with van der Waals surface area (Å²) in [6.07, 6.45) is 1.18. The molecule has 0 amide bonds. The van der Waals surface area contributed by atoms with E-state index in [1.54, 1.807) is 31.4 Å². The number of hydrogen-bond acceptors (Lipinski definition) is 5. The standard InChI is InChI=1S/C27H28O6/c1-3-23(20-10-15-24(25(17-20)32-2)33-16-4-5-26(30)31)27(18-6-11-21(28)12-7-18)19-8-13-22(29)14-9-19/h6-15,17,28-29H,3-5,16H2,1-2H3,(H,30,31). The van der Waals surface area contributed by atoms with E-state index in [9.17, 15) is 15.0 Å². The summed E-state index contributed by atoms with van der Waals surface area (Å²) >= 11 is 0. The molecule has 0 aliphatic rings. The first-order chi connectivity index (χ1) is 15.9. The Balaban J connectivity index is 2.06. The highest BCUT2D eigenvalue weighted by Gasteiger charge is 2.16. The molecular formula is C27H28O6. The summed E-state index contributed by atoms with van der Waals surface area (Å²) in [5, 5.41) is 28.3. The fourth-order valence-electron chi connectivity index (χ4n) is 3.68. The number of phenolic OH excluding ortho intramolecular Hbond substituents is 2. The fraction of sp³-hybridized carbons (Fsp3) is 0.222. The topological polar surface area (TPSA) is 96.2 Å². The van der Waals surface area contributed by atoms with Gasteiger partial charge in [-0.3, -0.25) is 4.79 Å². The Labute approximate surface area is 193 Å². The van der Waals surface area contributed by atoms with Crippen molar-refractivity contribution in [2.45, 2.75) is 26.2 Å². The molecule has 3 aromatic rings. The zero-order valence-electron chi connectivity index (χ0n) is 18.7. The molecule has 6 nitrogen and oxygen atoms in total. The van der Waals surface area contributed by atoms with E-state index in [1.807, 2.05) is 42.5 Å². The van der Waals surface area contributed by atoms with E-state index in [2.05, 4.69) is 6.92 Å². The van der Waals surface area contributed by atoms with Crippen LogP contribution in [0, 0.1) is 0 Å². The van der Waals surface area contributed by atoms with Crippen molar-refractivity contribution in [3.8, 4) is 23.0 Å². The van der Waals surface area contributed by atoms with Crippen LogP contribution < -0.4 is 9.47 Å². The van der Waals surface area contributed by atoms with Gasteiger partial charge in [0.25, 0.3) is 0 Å². The van der Waals surface area contributed by atoms with Gasteiger partial charge in [0.2, 0.25) is 0 Å². The number of allylic oxidation sites excluding steroid dienone is 1. The van der Waals surface area contributed by atoms with E-state index in [0.29, 0.717) is 17.9 Å². The van der Waals surface area contributed by atoms with Gasteiger partial charge in [-0.25, -0.2) is 0 Å². The number of hydrogen-bond donors (Lipinski definition) is 3. The Hall–Kier alpha value is -3.93. The first-order valence-corrected chi connectivity index (χ1v) is 10.8. The molecule has 0 fully saturated rings. The highest BCUT2D eigenvalue weighted by atomic mass is 16.5. The second-order valence-corrected chi connectivity index (χ2v) is 7.51. The first kappa shape index (κ1) is 23.7. The van der Waals surface area contributed by atoms with Crippen LogP contribution in [0.4, 0.5) is 0 Å². The van der Waals surface area contributed by atoms with Gasteiger partial charge in [0.1, 0.15) is 11.5 Å². The molecule has 0 atom stereocenters. The van der Waals surface area contributed by atoms with Crippen LogP contribution in [0.3, 0.4) is 0 Å². The van der Waals surface area contributed by atoms with Gasteiger partial charge in [-0.2, -0.15) is 0 Å². The minimum Gasteiger partial charge on any atom is -0.508 e. The summed E-state index contributed by atoms with van der Waals surface area (Å²) < 4.78 is 11.3. The molecule has 0 saturated heterocycles. The van der Waals surface area contributed by atoms with Gasteiger partial charge in [-0.1, -0.05) is 37.3 Å². The van der Waals surface area contributed by atoms with Crippen molar-refractivity contribution in [1.82, 2.24) is 0 Å². The Morgan fingerprint density at radius 3 is 1.85 bits per heavy atom. The van der Waals surface area contributed by atoms with Crippen molar-refractivity contribution in [3.63, 3.8) is 0 Å². The normalized spacial score (nSPS) is 10.5. The number of benzene rings is 3. The molecule has 0 aromatic heterocycles. The fourth-order valence-corrected chi connectivity index (χ4v) is 3.68. The Morgan fingerprint density at radius 2 is 1.36 bits per heavy atom. The molecule has 3 aromatic carbocycles. The number of phenols is 2. The van der Waals surface area contributed by atoms with Crippen molar-refractivity contribution in [3.05, 3.63) is 83.4 Å². The summed E-state index contributed by atoms with van der Waals surface area (Å²) in [4.78, 5) is 10.7. The Bertz CT molecular complexity index is 1070. The predicted molar refractivity (Wildman–Crippen MR) is 128 cm³/mol. The average Bonchev–Trinajstić information content (AvgIpc) is 2.82. The van der Waals surface area contributed by atoms with Crippen LogP contribution in [-0.2, 0) is 4.79 Å². The third-order valence-electron chi connectivity index (χ3n) is 5.27. The Morgan fingerprint density at radius 1 is 0.818 bits per heavy atom. The van der Waals surface area contributed by atoms with Crippen LogP contribution in [0.5, 0.6) is 23.0 Å². The van der Waals surface area contributed by atoms with Crippen molar-refractivity contribution in [2.24, 2.45) is 0 Å². The number of aliphatic carboxylic acids is 1. The molecule has 6 heteroatoms. The average molecular weight is 449 g/mol. The number of methoxy groups -OCH3 is 1. The second-order valence-electron chi connectivity index (χ2n) is 7.51. The summed E-state index contributed by atoms with van der Waals surface area (Å²) in [5.74, 6) is 0.637. The zero-order valence-corrected chi connectivity index (χ0v) is 18.7. The van der Waals surface area contributed by atoms with Gasteiger partial charge >= 0.3 is 5.97 Å². The predicted octanol–water partition coefficient (Wildman–Crippen LogP) is 5.72. The van der Waals surface area contributed by atoms with E-state index in [4.69, 9.17) is 14.6 Å². The molecular weight excluding hydrogens is 420 g/mol. The zero-order chi connectivity index (χ0) is 23.8. The van der Waals surface area contributed by atoms with E-state index >= 15 is 0 Å². The number of carboxylic acids is 1. The van der Waals surface area contributed by atoms with E-state index in [-0.39, 0.29) is 24.5 Å². The van der Waals surface area contributed by atoms with E-state index in [0.717, 1.165) is 34.3 Å². The molecule has 172 valence electrons. The summed E-state index contributed by atoms with van der Waals surface area (Å²) in [7, 11) is 1.57. The largest absolute Gasteiger partial charge is 0.508 e. The molecule has 0 spiro atoms. The number of aromatic hydroxyl groups is 2. The van der Waals surface area contributed by atoms with Crippen LogP contribution in [0.15, 0.2) is 66.7 Å². The maximum absolute atomic E-state index is 10.7. The molecule has 33 heavy (non-hydrogen) atoms. The summed E-state index contributed by atoms with van der Waals surface area (Å²) in [6.45, 7) is 2.35. The number of rotatable bonds is 10. The highest BCUT2D eigenvalue weighted by molar-refractivity contribution is 5.99. The molecule has 0 bridgehead atoms. The van der Waals surface area contributed by atoms with Gasteiger partial charge in [-0.05, 0) is 77.1 Å². The molecule has 0 unspecified atom stereocenters. The number of carboxylic acid groups (broad SMARTS) is 1. The molecule has 0 heterocycles. The van der Waals surface area contributed by atoms with E-state index < -0.39 is 5.97 Å². The van der Waals surface area contributed by atoms with Gasteiger partial charge < -0.3 is 24.8 Å². The Kier molecular flexibility index (Phi) is 7.97. The van der Waals surface area contributed by atoms with Gasteiger partial charge in [0.15, 0.2) is 11.5 Å². The number of carbonyl (C=O) groups is 1. The maximum Gasteiger partial charge on any atom is 0.303 e. The van der Waals surface area contributed by atoms with Crippen molar-refractivity contribution in [2.75, 3.05) is 13.7 Å². The SMILES string of the molecule is CCC(=C(c1ccc(O)cc1)c1ccc(O)cc1)c1ccc(OCCCC(=O)O)c(OC)c1. The molecule has 0 radical (unpaired) electrons. The van der Waals surface area contributed by atoms with Crippen LogP contribution in [0.25, 0.3) is 11.1 Å². The highest BCUT2D eigenvalue weighted by Crippen LogP contribution is 2.38. The number of ether oxygens (including phenoxy) is 2. The lowest BCUT2D eigenvalue weighted by atomic mass is 9.88. The van der Waals surface area contributed by atoms with Crippen LogP contribution in [0.1, 0.15) is 42.9 Å². The van der Waals surface area contributed by atoms with E-state index in [1.165, 1.54) is 0 Å². The maximum atomic E-state index is 10.7. The molecule has 3 N–H and O–H groups in total. The van der Waals surface area contributed by atoms with Gasteiger partial charge in [0, 0.05) is 6.42 Å². The van der Waals surface area contributed by atoms with Crippen LogP contribution in [-0.4, -0.2) is 35.0 Å². The van der Waals surface area contributed by atoms with Crippen LogP contribution >= 0.6 is 0 Å². The lowest BCUT2D eigenvalue weighted by molar-refractivity contribution is -0.137. The monoisotopic (exact) mass is 448 g/mol. The lowest BCUT2D eigenvalue weighted by Gasteiger charge is -2.18. The summed E-state index contributed by atoms with van der Waals surface area (Å²) in [5.41, 5.74) is 4.85. The third kappa shape index (κ3) is 6.07. The third-order valence-corrected chi connectivity index (χ3v) is 5.27. The molecule has 3 rings (SSSR count). The van der Waals surface area contributed by atoms with Crippen molar-refractivity contribution < 1.29 is 29.6 Å². The van der Waals surface area contributed by atoms with Gasteiger partial charge in [0.05, 0.1) is 13.7 Å². The molecule has 0 saturated carbocycles. The minimum absolute atomic E-state index is 0.0474. The summed E-state index contributed by atoms with van der Waals surface area (Å²) in [6, 6.07) is 19.8. The van der Waals surface area contributed by atoms with Crippen molar-refractivity contribution in [1.29, 1.82) is 0 Å². The second kappa shape index (κ2) is 11.1. The first-order valence-electron chi connectivity index (χ1n) is 10.8. The smallest absolute Gasteiger partial charge is 0.303 e. The lowest BCUT2D eigenvalue weighted by Crippen LogP contribution is -2.03. The molecule has 0 aliphatic carbocycles. The minimum atomic E-state index is -0.852. The van der Waals surface area contributed by atoms with Gasteiger partial charge in [-0.15, -0.1) is 0 Å².